The largest absolute Gasteiger partial charge is 0.489 e. The van der Waals surface area contributed by atoms with Gasteiger partial charge in [0.2, 0.25) is 5.91 Å². The first-order valence-corrected chi connectivity index (χ1v) is 8.99. The summed E-state index contributed by atoms with van der Waals surface area (Å²) < 4.78 is 16.6. The third-order valence-electron chi connectivity index (χ3n) is 4.62. The molecule has 2 heterocycles. The van der Waals surface area contributed by atoms with Gasteiger partial charge in [-0.15, -0.1) is 0 Å². The van der Waals surface area contributed by atoms with Crippen molar-refractivity contribution in [3.63, 3.8) is 0 Å². The van der Waals surface area contributed by atoms with Crippen molar-refractivity contribution in [3.05, 3.63) is 46.8 Å². The summed E-state index contributed by atoms with van der Waals surface area (Å²) in [5.41, 5.74) is 2.80. The van der Waals surface area contributed by atoms with Crippen LogP contribution in [0.25, 0.3) is 0 Å². The first-order valence-electron chi connectivity index (χ1n) is 8.99. The fourth-order valence-electron chi connectivity index (χ4n) is 3.23. The van der Waals surface area contributed by atoms with E-state index in [0.717, 1.165) is 28.3 Å². The lowest BCUT2D eigenvalue weighted by Crippen LogP contribution is -2.48. The summed E-state index contributed by atoms with van der Waals surface area (Å²) in [6.45, 7) is 9.51. The molecule has 1 amide bonds. The Morgan fingerprint density at radius 1 is 1.19 bits per heavy atom. The lowest BCUT2D eigenvalue weighted by Gasteiger charge is -2.35. The van der Waals surface area contributed by atoms with E-state index in [1.807, 2.05) is 56.9 Å². The van der Waals surface area contributed by atoms with Crippen molar-refractivity contribution in [2.24, 2.45) is 0 Å². The maximum Gasteiger partial charge on any atom is 0.227 e. The first kappa shape index (κ1) is 18.5. The van der Waals surface area contributed by atoms with Crippen LogP contribution in [0.5, 0.6) is 5.75 Å². The summed E-state index contributed by atoms with van der Waals surface area (Å²) >= 11 is 0. The predicted octanol–water partition coefficient (Wildman–Crippen LogP) is 3.05. The van der Waals surface area contributed by atoms with E-state index in [-0.39, 0.29) is 18.1 Å². The van der Waals surface area contributed by atoms with Crippen LogP contribution < -0.4 is 4.74 Å². The molecule has 0 aliphatic carbocycles. The highest BCUT2D eigenvalue weighted by Gasteiger charge is 2.25. The fourth-order valence-corrected chi connectivity index (χ4v) is 3.23. The molecule has 6 heteroatoms. The van der Waals surface area contributed by atoms with Gasteiger partial charge in [-0.1, -0.05) is 17.3 Å². The van der Waals surface area contributed by atoms with E-state index in [9.17, 15) is 4.79 Å². The number of rotatable bonds is 5. The molecular weight excluding hydrogens is 332 g/mol. The Bertz CT molecular complexity index is 724. The Kier molecular flexibility index (Phi) is 5.61. The Morgan fingerprint density at radius 3 is 2.42 bits per heavy atom. The van der Waals surface area contributed by atoms with Crippen molar-refractivity contribution >= 4 is 5.91 Å². The zero-order valence-electron chi connectivity index (χ0n) is 15.8. The van der Waals surface area contributed by atoms with Gasteiger partial charge in [-0.3, -0.25) is 4.79 Å². The molecule has 26 heavy (non-hydrogen) atoms. The third-order valence-corrected chi connectivity index (χ3v) is 4.62. The minimum absolute atomic E-state index is 0.0859. The minimum Gasteiger partial charge on any atom is -0.489 e. The average Bonchev–Trinajstić information content (AvgIpc) is 2.91. The number of aryl methyl sites for hydroxylation is 2. The molecule has 0 N–H and O–H groups in total. The van der Waals surface area contributed by atoms with Crippen LogP contribution in [0.15, 0.2) is 28.8 Å². The van der Waals surface area contributed by atoms with Crippen LogP contribution in [0, 0.1) is 13.8 Å². The third kappa shape index (κ3) is 4.43. The number of benzene rings is 1. The maximum atomic E-state index is 12.5. The molecule has 0 spiro atoms. The van der Waals surface area contributed by atoms with Gasteiger partial charge < -0.3 is 18.9 Å². The van der Waals surface area contributed by atoms with Crippen molar-refractivity contribution in [3.8, 4) is 5.75 Å². The number of carbonyl (C=O) groups excluding carboxylic acids is 1. The van der Waals surface area contributed by atoms with Crippen LogP contribution in [0.4, 0.5) is 0 Å². The SMILES string of the molecule is Cc1noc(C)c1COc1ccc(CC(=O)N2CC(C)OC(C)C2)cc1. The molecule has 1 fully saturated rings. The van der Waals surface area contributed by atoms with Crippen molar-refractivity contribution in [1.29, 1.82) is 0 Å². The Labute approximate surface area is 154 Å². The molecule has 0 saturated carbocycles. The van der Waals surface area contributed by atoms with Gasteiger partial charge in [-0.25, -0.2) is 0 Å². The summed E-state index contributed by atoms with van der Waals surface area (Å²) in [5, 5.41) is 3.92. The van der Waals surface area contributed by atoms with Crippen molar-refractivity contribution in [2.75, 3.05) is 13.1 Å². The van der Waals surface area contributed by atoms with E-state index in [1.54, 1.807) is 0 Å². The molecule has 6 nitrogen and oxygen atoms in total. The Balaban J connectivity index is 1.55. The van der Waals surface area contributed by atoms with Crippen molar-refractivity contribution < 1.29 is 18.8 Å². The van der Waals surface area contributed by atoms with Gasteiger partial charge in [0.25, 0.3) is 0 Å². The van der Waals surface area contributed by atoms with Gasteiger partial charge in [-0.05, 0) is 45.4 Å². The van der Waals surface area contributed by atoms with E-state index in [4.69, 9.17) is 14.0 Å². The number of morpholine rings is 1. The monoisotopic (exact) mass is 358 g/mol. The molecule has 2 unspecified atom stereocenters. The lowest BCUT2D eigenvalue weighted by molar-refractivity contribution is -0.142. The zero-order valence-corrected chi connectivity index (χ0v) is 15.8. The highest BCUT2D eigenvalue weighted by atomic mass is 16.5. The van der Waals surface area contributed by atoms with Gasteiger partial charge in [0.1, 0.15) is 18.1 Å². The molecule has 0 radical (unpaired) electrons. The molecular formula is C20H26N2O4. The predicted molar refractivity (Wildman–Crippen MR) is 97.0 cm³/mol. The second-order valence-electron chi connectivity index (χ2n) is 6.97. The quantitative estimate of drug-likeness (QED) is 0.822. The average molecular weight is 358 g/mol. The zero-order chi connectivity index (χ0) is 18.7. The first-order chi connectivity index (χ1) is 12.4. The molecule has 0 bridgehead atoms. The molecule has 2 atom stereocenters. The number of aromatic nitrogens is 1. The fraction of sp³-hybridized carbons (Fsp3) is 0.500. The van der Waals surface area contributed by atoms with E-state index in [0.29, 0.717) is 26.1 Å². The van der Waals surface area contributed by atoms with Crippen LogP contribution >= 0.6 is 0 Å². The molecule has 140 valence electrons. The number of amides is 1. The molecule has 1 aliphatic rings. The van der Waals surface area contributed by atoms with E-state index in [2.05, 4.69) is 5.16 Å². The number of hydrogen-bond donors (Lipinski definition) is 0. The van der Waals surface area contributed by atoms with E-state index < -0.39 is 0 Å². The maximum absolute atomic E-state index is 12.5. The van der Waals surface area contributed by atoms with Crippen LogP contribution in [-0.2, 0) is 22.6 Å². The summed E-state index contributed by atoms with van der Waals surface area (Å²) in [6, 6.07) is 7.67. The van der Waals surface area contributed by atoms with Crippen molar-refractivity contribution in [2.45, 2.75) is 52.9 Å². The number of hydrogen-bond acceptors (Lipinski definition) is 5. The minimum atomic E-state index is 0.0859. The van der Waals surface area contributed by atoms with Crippen molar-refractivity contribution in [1.82, 2.24) is 10.1 Å². The smallest absolute Gasteiger partial charge is 0.227 e. The van der Waals surface area contributed by atoms with Crippen LogP contribution in [-0.4, -0.2) is 41.3 Å². The van der Waals surface area contributed by atoms with Gasteiger partial charge in [-0.2, -0.15) is 0 Å². The highest BCUT2D eigenvalue weighted by Crippen LogP contribution is 2.19. The normalized spacial score (nSPS) is 20.2. The molecule has 2 aromatic rings. The lowest BCUT2D eigenvalue weighted by atomic mass is 10.1. The second-order valence-corrected chi connectivity index (χ2v) is 6.97. The van der Waals surface area contributed by atoms with Crippen LogP contribution in [0.2, 0.25) is 0 Å². The van der Waals surface area contributed by atoms with Gasteiger partial charge >= 0.3 is 0 Å². The Morgan fingerprint density at radius 2 is 1.85 bits per heavy atom. The summed E-state index contributed by atoms with van der Waals surface area (Å²) in [7, 11) is 0. The Hall–Kier alpha value is -2.34. The summed E-state index contributed by atoms with van der Waals surface area (Å²) in [4.78, 5) is 14.4. The standard InChI is InChI=1S/C20H26N2O4/c1-13-10-22(11-14(2)25-13)20(23)9-17-5-7-18(8-6-17)24-12-19-15(3)21-26-16(19)4/h5-8,13-14H,9-12H2,1-4H3. The van der Waals surface area contributed by atoms with Crippen LogP contribution in [0.1, 0.15) is 36.4 Å². The molecule has 1 saturated heterocycles. The van der Waals surface area contributed by atoms with E-state index in [1.165, 1.54) is 0 Å². The van der Waals surface area contributed by atoms with Gasteiger partial charge in [0.15, 0.2) is 0 Å². The van der Waals surface area contributed by atoms with Gasteiger partial charge in [0, 0.05) is 13.1 Å². The second kappa shape index (κ2) is 7.91. The van der Waals surface area contributed by atoms with E-state index >= 15 is 0 Å². The number of carbonyl (C=O) groups is 1. The highest BCUT2D eigenvalue weighted by molar-refractivity contribution is 5.79. The molecule has 1 aromatic heterocycles. The molecule has 1 aliphatic heterocycles. The summed E-state index contributed by atoms with van der Waals surface area (Å²) in [6.07, 6.45) is 0.564. The molecule has 1 aromatic carbocycles. The number of nitrogens with zero attached hydrogens (tertiary/aromatic N) is 2. The topological polar surface area (TPSA) is 64.8 Å². The molecule has 3 rings (SSSR count). The number of ether oxygens (including phenoxy) is 2. The van der Waals surface area contributed by atoms with Gasteiger partial charge in [0.05, 0.1) is 29.9 Å². The van der Waals surface area contributed by atoms with Crippen LogP contribution in [0.3, 0.4) is 0 Å². The summed E-state index contributed by atoms with van der Waals surface area (Å²) in [5.74, 6) is 1.67.